The van der Waals surface area contributed by atoms with Crippen LogP contribution in [0, 0.1) is 11.8 Å². The quantitative estimate of drug-likeness (QED) is 0.387. The second kappa shape index (κ2) is 11.0. The Bertz CT molecular complexity index is 1180. The van der Waals surface area contributed by atoms with Crippen LogP contribution in [0.2, 0.25) is 0 Å². The molecule has 1 aliphatic heterocycles. The number of hydrogen-bond donors (Lipinski definition) is 1. The standard InChI is InChI=1S/C26H25BrN2O3S/c1-2-4-21(14-25(30)31)20-7-9-22(10-8-20)32-17-19-6-3-5-18(13-19)15-29-12-11-23-24(16-29)33-26(27)28-23/h3,5-10,13,21H,11-12,14-17H2,1H3,(H,30,31). The van der Waals surface area contributed by atoms with Crippen LogP contribution in [-0.4, -0.2) is 27.5 Å². The fourth-order valence-corrected chi connectivity index (χ4v) is 5.66. The van der Waals surface area contributed by atoms with Crippen molar-refractivity contribution in [2.24, 2.45) is 0 Å². The topological polar surface area (TPSA) is 62.7 Å². The minimum atomic E-state index is -0.854. The van der Waals surface area contributed by atoms with E-state index in [9.17, 15) is 4.79 Å². The van der Waals surface area contributed by atoms with Gasteiger partial charge in [0.1, 0.15) is 12.4 Å². The van der Waals surface area contributed by atoms with Crippen LogP contribution in [0.3, 0.4) is 0 Å². The zero-order valence-corrected chi connectivity index (χ0v) is 20.8. The Labute approximate surface area is 206 Å². The third-order valence-electron chi connectivity index (χ3n) is 5.57. The third-order valence-corrected chi connectivity index (χ3v) is 7.10. The van der Waals surface area contributed by atoms with Gasteiger partial charge in [0.05, 0.1) is 18.0 Å². The highest BCUT2D eigenvalue weighted by atomic mass is 79.9. The lowest BCUT2D eigenvalue weighted by atomic mass is 9.96. The first-order valence-corrected chi connectivity index (χ1v) is 12.4. The van der Waals surface area contributed by atoms with Crippen molar-refractivity contribution in [1.82, 2.24) is 9.88 Å². The Balaban J connectivity index is 1.34. The van der Waals surface area contributed by atoms with Gasteiger partial charge in [-0.15, -0.1) is 17.3 Å². The predicted molar refractivity (Wildman–Crippen MR) is 133 cm³/mol. The van der Waals surface area contributed by atoms with Gasteiger partial charge in [-0.2, -0.15) is 0 Å². The molecule has 0 spiro atoms. The van der Waals surface area contributed by atoms with E-state index in [0.29, 0.717) is 6.61 Å². The minimum Gasteiger partial charge on any atom is -0.489 e. The lowest BCUT2D eigenvalue weighted by Crippen LogP contribution is -2.29. The van der Waals surface area contributed by atoms with Crippen LogP contribution in [0.15, 0.2) is 52.4 Å². The summed E-state index contributed by atoms with van der Waals surface area (Å²) < 4.78 is 6.95. The normalized spacial score (nSPS) is 14.1. The first-order valence-electron chi connectivity index (χ1n) is 10.8. The van der Waals surface area contributed by atoms with E-state index in [2.05, 4.69) is 61.9 Å². The van der Waals surface area contributed by atoms with Crippen molar-refractivity contribution in [2.45, 2.75) is 45.4 Å². The summed E-state index contributed by atoms with van der Waals surface area (Å²) in [5.74, 6) is 5.38. The Kier molecular flexibility index (Phi) is 7.81. The second-order valence-corrected chi connectivity index (χ2v) is 10.4. The lowest BCUT2D eigenvalue weighted by molar-refractivity contribution is -0.137. The number of carboxylic acid groups (broad SMARTS) is 1. The number of carbonyl (C=O) groups is 1. The molecule has 3 aromatic rings. The summed E-state index contributed by atoms with van der Waals surface area (Å²) in [6, 6.07) is 16.1. The van der Waals surface area contributed by atoms with Crippen LogP contribution in [0.4, 0.5) is 0 Å². The number of thiazole rings is 1. The van der Waals surface area contributed by atoms with Gasteiger partial charge in [-0.25, -0.2) is 4.98 Å². The number of ether oxygens (including phenoxy) is 1. The van der Waals surface area contributed by atoms with Gasteiger partial charge in [0.2, 0.25) is 0 Å². The lowest BCUT2D eigenvalue weighted by Gasteiger charge is -2.26. The molecule has 0 saturated carbocycles. The molecular weight excluding hydrogens is 500 g/mol. The number of aromatic nitrogens is 1. The molecule has 1 unspecified atom stereocenters. The molecule has 0 amide bonds. The molecular formula is C26H25BrN2O3S. The number of benzene rings is 2. The van der Waals surface area contributed by atoms with Gasteiger partial charge in [-0.05, 0) is 51.7 Å². The van der Waals surface area contributed by atoms with E-state index in [1.165, 1.54) is 16.1 Å². The first-order chi connectivity index (χ1) is 16.0. The Morgan fingerprint density at radius 3 is 2.82 bits per heavy atom. The third kappa shape index (κ3) is 6.44. The van der Waals surface area contributed by atoms with E-state index in [-0.39, 0.29) is 12.3 Å². The average molecular weight is 525 g/mol. The monoisotopic (exact) mass is 524 g/mol. The highest BCUT2D eigenvalue weighted by Crippen LogP contribution is 2.29. The molecule has 1 atom stereocenters. The number of nitrogens with zero attached hydrogens (tertiary/aromatic N) is 2. The molecule has 0 saturated heterocycles. The van der Waals surface area contributed by atoms with Gasteiger partial charge in [0, 0.05) is 30.9 Å². The number of halogens is 1. The molecule has 170 valence electrons. The summed E-state index contributed by atoms with van der Waals surface area (Å²) >= 11 is 5.23. The van der Waals surface area contributed by atoms with Crippen LogP contribution in [0.25, 0.3) is 0 Å². The fourth-order valence-electron chi connectivity index (χ4n) is 3.99. The fraction of sp³-hybridized carbons (Fsp3) is 0.308. The van der Waals surface area contributed by atoms with Crippen LogP contribution < -0.4 is 4.74 Å². The molecule has 0 bridgehead atoms. The van der Waals surface area contributed by atoms with Crippen molar-refractivity contribution < 1.29 is 14.6 Å². The summed E-state index contributed by atoms with van der Waals surface area (Å²) in [5.41, 5.74) is 4.51. The van der Waals surface area contributed by atoms with Crippen molar-refractivity contribution in [1.29, 1.82) is 0 Å². The average Bonchev–Trinajstić information content (AvgIpc) is 3.17. The van der Waals surface area contributed by atoms with Gasteiger partial charge in [-0.3, -0.25) is 9.69 Å². The number of aliphatic carboxylic acids is 1. The highest BCUT2D eigenvalue weighted by molar-refractivity contribution is 9.11. The molecule has 0 fully saturated rings. The number of fused-ring (bicyclic) bond motifs is 1. The maximum atomic E-state index is 11.1. The Morgan fingerprint density at radius 1 is 1.27 bits per heavy atom. The van der Waals surface area contributed by atoms with Gasteiger partial charge < -0.3 is 9.84 Å². The minimum absolute atomic E-state index is 0.00750. The highest BCUT2D eigenvalue weighted by Gasteiger charge is 2.20. The Hall–Kier alpha value is -2.66. The second-order valence-electron chi connectivity index (χ2n) is 8.02. The molecule has 1 N–H and O–H groups in total. The van der Waals surface area contributed by atoms with Crippen LogP contribution in [0.1, 0.15) is 46.5 Å². The molecule has 7 heteroatoms. The van der Waals surface area contributed by atoms with E-state index >= 15 is 0 Å². The predicted octanol–water partition coefficient (Wildman–Crippen LogP) is 5.62. The number of rotatable bonds is 8. The van der Waals surface area contributed by atoms with Crippen molar-refractivity contribution in [3.63, 3.8) is 0 Å². The Morgan fingerprint density at radius 2 is 2.06 bits per heavy atom. The van der Waals surface area contributed by atoms with Crippen molar-refractivity contribution in [3.8, 4) is 17.6 Å². The first kappa shape index (κ1) is 23.5. The van der Waals surface area contributed by atoms with E-state index in [1.807, 2.05) is 24.3 Å². The molecule has 33 heavy (non-hydrogen) atoms. The molecule has 2 aromatic carbocycles. The molecule has 2 heterocycles. The van der Waals surface area contributed by atoms with Gasteiger partial charge in [0.15, 0.2) is 3.92 Å². The molecule has 4 rings (SSSR count). The van der Waals surface area contributed by atoms with Crippen LogP contribution in [0.5, 0.6) is 5.75 Å². The zero-order chi connectivity index (χ0) is 23.2. The van der Waals surface area contributed by atoms with E-state index < -0.39 is 5.97 Å². The van der Waals surface area contributed by atoms with Gasteiger partial charge in [0.25, 0.3) is 0 Å². The zero-order valence-electron chi connectivity index (χ0n) is 18.4. The van der Waals surface area contributed by atoms with Gasteiger partial charge >= 0.3 is 5.97 Å². The van der Waals surface area contributed by atoms with Crippen molar-refractivity contribution >= 4 is 33.2 Å². The molecule has 1 aromatic heterocycles. The van der Waals surface area contributed by atoms with Crippen LogP contribution >= 0.6 is 27.3 Å². The summed E-state index contributed by atoms with van der Waals surface area (Å²) in [6.45, 7) is 5.06. The van der Waals surface area contributed by atoms with Crippen LogP contribution in [-0.2, 0) is 30.9 Å². The van der Waals surface area contributed by atoms with E-state index in [4.69, 9.17) is 9.84 Å². The number of hydrogen-bond acceptors (Lipinski definition) is 5. The molecule has 5 nitrogen and oxygen atoms in total. The molecule has 0 aliphatic carbocycles. The van der Waals surface area contributed by atoms with Gasteiger partial charge in [-0.1, -0.05) is 42.3 Å². The molecule has 1 aliphatic rings. The van der Waals surface area contributed by atoms with Crippen molar-refractivity contribution in [3.05, 3.63) is 79.7 Å². The maximum Gasteiger partial charge on any atom is 0.304 e. The summed E-state index contributed by atoms with van der Waals surface area (Å²) in [6.07, 6.45) is 0.986. The van der Waals surface area contributed by atoms with E-state index in [0.717, 1.165) is 46.8 Å². The SMILES string of the molecule is CC#CC(CC(=O)O)c1ccc(OCc2cccc(CN3CCc4nc(Br)sc4C3)c2)cc1. The number of carboxylic acids is 1. The summed E-state index contributed by atoms with van der Waals surface area (Å²) in [5, 5.41) is 9.11. The van der Waals surface area contributed by atoms with Crippen molar-refractivity contribution in [2.75, 3.05) is 6.54 Å². The summed E-state index contributed by atoms with van der Waals surface area (Å²) in [7, 11) is 0. The van der Waals surface area contributed by atoms with E-state index in [1.54, 1.807) is 18.3 Å². The smallest absolute Gasteiger partial charge is 0.304 e. The largest absolute Gasteiger partial charge is 0.489 e. The molecule has 0 radical (unpaired) electrons. The maximum absolute atomic E-state index is 11.1. The summed E-state index contributed by atoms with van der Waals surface area (Å²) in [4.78, 5) is 19.5.